The number of benzene rings is 2. The molecule has 10 heteroatoms. The third kappa shape index (κ3) is 5.08. The second kappa shape index (κ2) is 9.67. The maximum absolute atomic E-state index is 13.6. The average Bonchev–Trinajstić information content (AvgIpc) is 2.79. The summed E-state index contributed by atoms with van der Waals surface area (Å²) in [5.74, 6) is -1.29. The molecule has 0 unspecified atom stereocenters. The van der Waals surface area contributed by atoms with E-state index in [1.807, 2.05) is 17.0 Å². The highest BCUT2D eigenvalue weighted by Crippen LogP contribution is 2.29. The zero-order chi connectivity index (χ0) is 22.7. The number of nitrogens with zero attached hydrogens (tertiary/aromatic N) is 4. The second-order valence-corrected chi connectivity index (χ2v) is 7.98. The first-order chi connectivity index (χ1) is 15.4. The Kier molecular flexibility index (Phi) is 6.72. The van der Waals surface area contributed by atoms with E-state index in [0.29, 0.717) is 53.8 Å². The number of rotatable bonds is 5. The van der Waals surface area contributed by atoms with E-state index >= 15 is 0 Å². The predicted molar refractivity (Wildman–Crippen MR) is 118 cm³/mol. The number of carbonyl (C=O) groups is 1. The summed E-state index contributed by atoms with van der Waals surface area (Å²) in [4.78, 5) is 16.0. The van der Waals surface area contributed by atoms with Gasteiger partial charge in [-0.15, -0.1) is 10.2 Å². The van der Waals surface area contributed by atoms with Crippen molar-refractivity contribution in [2.24, 2.45) is 0 Å². The standard InChI is InChI=1S/C22H18Cl2F2N4O2/c23-14-1-3-16(17(24)11-14)19-4-6-21(28-27-19)29-7-9-30(10-8-29)22(31)13-32-20-5-2-15(25)12-18(20)26/h1-6,11-12H,7-10,13H2. The van der Waals surface area contributed by atoms with E-state index in [1.165, 1.54) is 0 Å². The number of anilines is 1. The molecule has 6 nitrogen and oxygen atoms in total. The Bertz CT molecular complexity index is 1120. The molecule has 0 saturated carbocycles. The highest BCUT2D eigenvalue weighted by atomic mass is 35.5. The highest BCUT2D eigenvalue weighted by molar-refractivity contribution is 6.36. The first kappa shape index (κ1) is 22.2. The molecule has 0 atom stereocenters. The van der Waals surface area contributed by atoms with Gasteiger partial charge in [0.1, 0.15) is 5.82 Å². The number of piperazine rings is 1. The lowest BCUT2D eigenvalue weighted by Crippen LogP contribution is -2.50. The topological polar surface area (TPSA) is 58.6 Å². The number of ether oxygens (including phenoxy) is 1. The van der Waals surface area contributed by atoms with Crippen LogP contribution in [0.25, 0.3) is 11.3 Å². The summed E-state index contributed by atoms with van der Waals surface area (Å²) in [6.07, 6.45) is 0. The summed E-state index contributed by atoms with van der Waals surface area (Å²) >= 11 is 12.2. The molecule has 0 radical (unpaired) electrons. The molecule has 1 aliphatic rings. The Labute approximate surface area is 193 Å². The molecule has 0 aliphatic carbocycles. The van der Waals surface area contributed by atoms with Crippen LogP contribution in [0, 0.1) is 11.6 Å². The fourth-order valence-electron chi connectivity index (χ4n) is 3.34. The molecule has 4 rings (SSSR count). The fourth-order valence-corrected chi connectivity index (χ4v) is 3.85. The molecule has 1 aromatic heterocycles. The van der Waals surface area contributed by atoms with Crippen molar-refractivity contribution in [1.29, 1.82) is 0 Å². The van der Waals surface area contributed by atoms with Gasteiger partial charge in [-0.3, -0.25) is 4.79 Å². The molecule has 1 fully saturated rings. The number of hydrogen-bond donors (Lipinski definition) is 0. The van der Waals surface area contributed by atoms with Crippen LogP contribution in [0.2, 0.25) is 10.0 Å². The monoisotopic (exact) mass is 478 g/mol. The van der Waals surface area contributed by atoms with Crippen molar-refractivity contribution >= 4 is 34.9 Å². The Hall–Kier alpha value is -2.97. The van der Waals surface area contributed by atoms with E-state index in [9.17, 15) is 13.6 Å². The van der Waals surface area contributed by atoms with E-state index in [1.54, 1.807) is 23.1 Å². The van der Waals surface area contributed by atoms with E-state index in [4.69, 9.17) is 27.9 Å². The molecule has 32 heavy (non-hydrogen) atoms. The van der Waals surface area contributed by atoms with Crippen molar-refractivity contribution < 1.29 is 18.3 Å². The van der Waals surface area contributed by atoms with Gasteiger partial charge >= 0.3 is 0 Å². The van der Waals surface area contributed by atoms with Crippen molar-refractivity contribution in [2.75, 3.05) is 37.7 Å². The lowest BCUT2D eigenvalue weighted by Gasteiger charge is -2.35. The van der Waals surface area contributed by atoms with E-state index in [2.05, 4.69) is 10.2 Å². The van der Waals surface area contributed by atoms with Gasteiger partial charge in [0.15, 0.2) is 24.0 Å². The minimum Gasteiger partial charge on any atom is -0.481 e. The normalized spacial score (nSPS) is 13.9. The fraction of sp³-hybridized carbons (Fsp3) is 0.227. The van der Waals surface area contributed by atoms with Crippen molar-refractivity contribution in [3.05, 3.63) is 70.2 Å². The SMILES string of the molecule is O=C(COc1ccc(F)cc1F)N1CCN(c2ccc(-c3ccc(Cl)cc3Cl)nn2)CC1. The molecular weight excluding hydrogens is 461 g/mol. The second-order valence-electron chi connectivity index (χ2n) is 7.13. The molecule has 2 aromatic carbocycles. The van der Waals surface area contributed by atoms with Crippen LogP contribution in [-0.2, 0) is 4.79 Å². The summed E-state index contributed by atoms with van der Waals surface area (Å²) < 4.78 is 31.8. The van der Waals surface area contributed by atoms with Gasteiger partial charge in [0.25, 0.3) is 5.91 Å². The van der Waals surface area contributed by atoms with Gasteiger partial charge in [-0.1, -0.05) is 23.2 Å². The quantitative estimate of drug-likeness (QED) is 0.541. The summed E-state index contributed by atoms with van der Waals surface area (Å²) in [6.45, 7) is 1.72. The summed E-state index contributed by atoms with van der Waals surface area (Å²) in [5, 5.41) is 9.59. The lowest BCUT2D eigenvalue weighted by molar-refractivity contribution is -0.133. The largest absolute Gasteiger partial charge is 0.481 e. The van der Waals surface area contributed by atoms with Crippen LogP contribution in [0.15, 0.2) is 48.5 Å². The van der Waals surface area contributed by atoms with Gasteiger partial charge in [-0.05, 0) is 42.5 Å². The van der Waals surface area contributed by atoms with Gasteiger partial charge < -0.3 is 14.5 Å². The Balaban J connectivity index is 1.31. The van der Waals surface area contributed by atoms with Gasteiger partial charge in [-0.25, -0.2) is 8.78 Å². The molecule has 1 amide bonds. The van der Waals surface area contributed by atoms with Crippen LogP contribution >= 0.6 is 23.2 Å². The van der Waals surface area contributed by atoms with Crippen LogP contribution in [0.1, 0.15) is 0 Å². The first-order valence-corrected chi connectivity index (χ1v) is 10.6. The summed E-state index contributed by atoms with van der Waals surface area (Å²) in [6, 6.07) is 11.8. The van der Waals surface area contributed by atoms with Crippen molar-refractivity contribution in [2.45, 2.75) is 0 Å². The van der Waals surface area contributed by atoms with Crippen LogP contribution < -0.4 is 9.64 Å². The maximum Gasteiger partial charge on any atom is 0.260 e. The lowest BCUT2D eigenvalue weighted by atomic mass is 10.1. The molecule has 1 saturated heterocycles. The molecule has 0 bridgehead atoms. The van der Waals surface area contributed by atoms with Crippen molar-refractivity contribution in [3.63, 3.8) is 0 Å². The minimum atomic E-state index is -0.843. The first-order valence-electron chi connectivity index (χ1n) is 9.80. The predicted octanol–water partition coefficient (Wildman–Crippen LogP) is 4.46. The van der Waals surface area contributed by atoms with Gasteiger partial charge in [0.2, 0.25) is 0 Å². The van der Waals surface area contributed by atoms with Crippen LogP contribution in [0.5, 0.6) is 5.75 Å². The van der Waals surface area contributed by atoms with Crippen LogP contribution in [0.3, 0.4) is 0 Å². The van der Waals surface area contributed by atoms with E-state index in [0.717, 1.165) is 17.7 Å². The zero-order valence-corrected chi connectivity index (χ0v) is 18.3. The van der Waals surface area contributed by atoms with Gasteiger partial charge in [0.05, 0.1) is 10.7 Å². The molecule has 3 aromatic rings. The van der Waals surface area contributed by atoms with Crippen molar-refractivity contribution in [3.8, 4) is 17.0 Å². The smallest absolute Gasteiger partial charge is 0.260 e. The van der Waals surface area contributed by atoms with Gasteiger partial charge in [-0.2, -0.15) is 0 Å². The summed E-state index contributed by atoms with van der Waals surface area (Å²) in [7, 11) is 0. The maximum atomic E-state index is 13.6. The molecule has 1 aliphatic heterocycles. The van der Waals surface area contributed by atoms with Gasteiger partial charge in [0, 0.05) is 42.8 Å². The Morgan fingerprint density at radius 3 is 2.41 bits per heavy atom. The van der Waals surface area contributed by atoms with E-state index < -0.39 is 11.6 Å². The Morgan fingerprint density at radius 2 is 1.75 bits per heavy atom. The van der Waals surface area contributed by atoms with Crippen LogP contribution in [0.4, 0.5) is 14.6 Å². The van der Waals surface area contributed by atoms with E-state index in [-0.39, 0.29) is 18.3 Å². The minimum absolute atomic E-state index is 0.158. The zero-order valence-electron chi connectivity index (χ0n) is 16.8. The number of hydrogen-bond acceptors (Lipinski definition) is 5. The number of amides is 1. The van der Waals surface area contributed by atoms with Crippen LogP contribution in [-0.4, -0.2) is 53.8 Å². The number of halogens is 4. The average molecular weight is 479 g/mol. The molecule has 2 heterocycles. The third-order valence-electron chi connectivity index (χ3n) is 5.06. The molecule has 166 valence electrons. The molecular formula is C22H18Cl2F2N4O2. The summed E-state index contributed by atoms with van der Waals surface area (Å²) in [5.41, 5.74) is 1.37. The molecule has 0 spiro atoms. The number of carbonyl (C=O) groups excluding carboxylic acids is 1. The highest BCUT2D eigenvalue weighted by Gasteiger charge is 2.23. The van der Waals surface area contributed by atoms with Crippen molar-refractivity contribution in [1.82, 2.24) is 15.1 Å². The Morgan fingerprint density at radius 1 is 0.969 bits per heavy atom. The number of aromatic nitrogens is 2. The third-order valence-corrected chi connectivity index (χ3v) is 5.61. The molecule has 0 N–H and O–H groups in total.